The zero-order chi connectivity index (χ0) is 23.4. The molecule has 10 heteroatoms. The number of benzene rings is 2. The number of carbonyl (C=O) groups is 1. The van der Waals surface area contributed by atoms with Gasteiger partial charge in [-0.25, -0.2) is 4.39 Å². The topological polar surface area (TPSA) is 99.8 Å². The minimum absolute atomic E-state index is 0.158. The molecule has 4 rings (SSSR count). The molecule has 4 aromatic rings. The van der Waals surface area contributed by atoms with Crippen molar-refractivity contribution in [2.45, 2.75) is 19.3 Å². The third-order valence-corrected chi connectivity index (χ3v) is 5.12. The second-order valence-corrected chi connectivity index (χ2v) is 7.23. The number of halogens is 1. The first-order valence-electron chi connectivity index (χ1n) is 10.2. The summed E-state index contributed by atoms with van der Waals surface area (Å²) in [5, 5.41) is 10.9. The van der Waals surface area contributed by atoms with E-state index < -0.39 is 0 Å². The van der Waals surface area contributed by atoms with E-state index >= 15 is 0 Å². The maximum atomic E-state index is 13.2. The number of carbonyl (C=O) groups excluding carboxylic acids is 1. The van der Waals surface area contributed by atoms with Gasteiger partial charge in [0.1, 0.15) is 11.6 Å². The van der Waals surface area contributed by atoms with Gasteiger partial charge in [-0.15, -0.1) is 10.2 Å². The van der Waals surface area contributed by atoms with E-state index in [9.17, 15) is 14.0 Å². The largest absolute Gasteiger partial charge is 0.493 e. The number of hydrogen-bond donors (Lipinski definition) is 1. The normalized spacial score (nSPS) is 10.9. The van der Waals surface area contributed by atoms with Crippen LogP contribution in [0.3, 0.4) is 0 Å². The van der Waals surface area contributed by atoms with Gasteiger partial charge in [-0.3, -0.25) is 18.6 Å². The van der Waals surface area contributed by atoms with E-state index in [1.54, 1.807) is 42.1 Å². The molecule has 0 unspecified atom stereocenters. The molecule has 9 nitrogen and oxygen atoms in total. The lowest BCUT2D eigenvalue weighted by molar-refractivity contribution is -0.116. The highest BCUT2D eigenvalue weighted by Crippen LogP contribution is 2.29. The summed E-state index contributed by atoms with van der Waals surface area (Å²) in [5.41, 5.74) is 0.924. The van der Waals surface area contributed by atoms with Gasteiger partial charge >= 0.3 is 5.56 Å². The number of aryl methyl sites for hydroxylation is 1. The van der Waals surface area contributed by atoms with Crippen molar-refractivity contribution in [3.63, 3.8) is 0 Å². The highest BCUT2D eigenvalue weighted by molar-refractivity contribution is 5.91. The number of ether oxygens (including phenoxy) is 2. The lowest BCUT2D eigenvalue weighted by atomic mass is 10.2. The van der Waals surface area contributed by atoms with Crippen molar-refractivity contribution in [3.8, 4) is 17.2 Å². The van der Waals surface area contributed by atoms with Gasteiger partial charge in [0.05, 0.1) is 14.2 Å². The zero-order valence-corrected chi connectivity index (χ0v) is 18.1. The van der Waals surface area contributed by atoms with Crippen LogP contribution in [0.25, 0.3) is 11.3 Å². The molecular formula is C23H22FN5O4. The van der Waals surface area contributed by atoms with Crippen LogP contribution in [-0.4, -0.2) is 39.3 Å². The van der Waals surface area contributed by atoms with Crippen molar-refractivity contribution in [3.05, 3.63) is 76.9 Å². The summed E-state index contributed by atoms with van der Waals surface area (Å²) >= 11 is 0. The van der Waals surface area contributed by atoms with Gasteiger partial charge in [-0.05, 0) is 42.8 Å². The van der Waals surface area contributed by atoms with Crippen molar-refractivity contribution in [1.82, 2.24) is 19.2 Å². The smallest absolute Gasteiger partial charge is 0.300 e. The number of anilines is 1. The van der Waals surface area contributed by atoms with E-state index in [2.05, 4.69) is 15.5 Å². The Morgan fingerprint density at radius 3 is 2.52 bits per heavy atom. The van der Waals surface area contributed by atoms with Crippen molar-refractivity contribution in [2.24, 2.45) is 0 Å². The number of hydrogen-bond acceptors (Lipinski definition) is 6. The lowest BCUT2D eigenvalue weighted by Crippen LogP contribution is -2.20. The summed E-state index contributed by atoms with van der Waals surface area (Å²) in [6.45, 7) is 0. The third-order valence-electron chi connectivity index (χ3n) is 5.12. The summed E-state index contributed by atoms with van der Waals surface area (Å²) in [6, 6.07) is 10.7. The Kier molecular flexibility index (Phi) is 6.34. The van der Waals surface area contributed by atoms with Crippen LogP contribution in [0.2, 0.25) is 0 Å². The minimum atomic E-state index is -0.382. The Morgan fingerprint density at radius 1 is 1.03 bits per heavy atom. The maximum absolute atomic E-state index is 13.2. The van der Waals surface area contributed by atoms with Crippen molar-refractivity contribution < 1.29 is 18.7 Å². The van der Waals surface area contributed by atoms with E-state index in [0.29, 0.717) is 41.5 Å². The van der Waals surface area contributed by atoms with E-state index in [4.69, 9.17) is 9.47 Å². The average Bonchev–Trinajstić information content (AvgIpc) is 3.24. The molecule has 0 aliphatic rings. The number of nitrogens with zero attached hydrogens (tertiary/aromatic N) is 4. The molecule has 0 atom stereocenters. The molecule has 0 aliphatic heterocycles. The summed E-state index contributed by atoms with van der Waals surface area (Å²) in [6.07, 6.45) is 4.50. The Hall–Kier alpha value is -4.21. The molecule has 2 heterocycles. The molecule has 2 aromatic carbocycles. The van der Waals surface area contributed by atoms with E-state index in [1.807, 2.05) is 0 Å². The molecule has 1 amide bonds. The molecule has 0 bridgehead atoms. The molecule has 1 N–H and O–H groups in total. The minimum Gasteiger partial charge on any atom is -0.493 e. The summed E-state index contributed by atoms with van der Waals surface area (Å²) in [5.74, 6) is 1.14. The van der Waals surface area contributed by atoms with E-state index in [0.717, 1.165) is 0 Å². The lowest BCUT2D eigenvalue weighted by Gasteiger charge is -2.10. The second kappa shape index (κ2) is 9.51. The first-order chi connectivity index (χ1) is 16.0. The van der Waals surface area contributed by atoms with Crippen molar-refractivity contribution in [1.29, 1.82) is 0 Å². The van der Waals surface area contributed by atoms with Gasteiger partial charge in [0.25, 0.3) is 0 Å². The SMILES string of the molecule is COc1ccc(NC(=O)CCCc2nnc3c(=O)n(-c4ccc(F)cc4)ccn23)cc1OC. The van der Waals surface area contributed by atoms with Gasteiger partial charge in [0.15, 0.2) is 11.5 Å². The quantitative estimate of drug-likeness (QED) is 0.442. The van der Waals surface area contributed by atoms with E-state index in [-0.39, 0.29) is 29.4 Å². The van der Waals surface area contributed by atoms with Crippen LogP contribution >= 0.6 is 0 Å². The molecule has 33 heavy (non-hydrogen) atoms. The van der Waals surface area contributed by atoms with Gasteiger partial charge in [0, 0.05) is 42.7 Å². The molecule has 0 radical (unpaired) electrons. The number of nitrogens with one attached hydrogen (secondary N) is 1. The standard InChI is InChI=1S/C23H22FN5O4/c1-32-18-11-8-16(14-19(18)33-2)25-21(30)5-3-4-20-26-27-22-23(31)28(12-13-29(20)22)17-9-6-15(24)7-10-17/h6-14H,3-5H2,1-2H3,(H,25,30). The predicted octanol–water partition coefficient (Wildman–Crippen LogP) is 3.00. The van der Waals surface area contributed by atoms with E-state index in [1.165, 1.54) is 35.9 Å². The first-order valence-corrected chi connectivity index (χ1v) is 10.2. The zero-order valence-electron chi connectivity index (χ0n) is 18.1. The number of rotatable bonds is 8. The van der Waals surface area contributed by atoms with Crippen molar-refractivity contribution >= 4 is 17.2 Å². The van der Waals surface area contributed by atoms with Crippen LogP contribution in [0.1, 0.15) is 18.7 Å². The summed E-state index contributed by atoms with van der Waals surface area (Å²) in [4.78, 5) is 25.1. The predicted molar refractivity (Wildman–Crippen MR) is 120 cm³/mol. The third kappa shape index (κ3) is 4.69. The molecule has 0 saturated carbocycles. The molecule has 0 aliphatic carbocycles. The second-order valence-electron chi connectivity index (χ2n) is 7.23. The fourth-order valence-corrected chi connectivity index (χ4v) is 3.45. The van der Waals surface area contributed by atoms with Gasteiger partial charge in [0.2, 0.25) is 11.6 Å². The fourth-order valence-electron chi connectivity index (χ4n) is 3.45. The molecule has 0 fully saturated rings. The fraction of sp³-hybridized carbons (Fsp3) is 0.217. The van der Waals surface area contributed by atoms with Crippen molar-refractivity contribution in [2.75, 3.05) is 19.5 Å². The van der Waals surface area contributed by atoms with Crippen LogP contribution < -0.4 is 20.3 Å². The average molecular weight is 451 g/mol. The Labute approximate surface area is 188 Å². The van der Waals surface area contributed by atoms with Crippen LogP contribution in [0.15, 0.2) is 59.7 Å². The molecular weight excluding hydrogens is 429 g/mol. The monoisotopic (exact) mass is 451 g/mol. The Bertz CT molecular complexity index is 1350. The van der Waals surface area contributed by atoms with Gasteiger partial charge in [-0.1, -0.05) is 0 Å². The summed E-state index contributed by atoms with van der Waals surface area (Å²) in [7, 11) is 3.07. The van der Waals surface area contributed by atoms with Crippen LogP contribution in [0.4, 0.5) is 10.1 Å². The molecule has 2 aromatic heterocycles. The highest BCUT2D eigenvalue weighted by atomic mass is 19.1. The van der Waals surface area contributed by atoms with Crippen LogP contribution in [0.5, 0.6) is 11.5 Å². The summed E-state index contributed by atoms with van der Waals surface area (Å²) < 4.78 is 26.6. The molecule has 170 valence electrons. The number of fused-ring (bicyclic) bond motifs is 1. The maximum Gasteiger partial charge on any atom is 0.300 e. The van der Waals surface area contributed by atoms with Gasteiger partial charge < -0.3 is 14.8 Å². The number of amides is 1. The molecule has 0 saturated heterocycles. The highest BCUT2D eigenvalue weighted by Gasteiger charge is 2.13. The number of aromatic nitrogens is 4. The molecule has 0 spiro atoms. The Morgan fingerprint density at radius 2 is 1.79 bits per heavy atom. The first kappa shape index (κ1) is 22.0. The van der Waals surface area contributed by atoms with Gasteiger partial charge in [-0.2, -0.15) is 0 Å². The number of methoxy groups -OCH3 is 2. The van der Waals surface area contributed by atoms with Crippen LogP contribution in [0, 0.1) is 5.82 Å². The Balaban J connectivity index is 1.40. The van der Waals surface area contributed by atoms with Crippen LogP contribution in [-0.2, 0) is 11.2 Å².